The minimum Gasteiger partial charge on any atom is -0.309 e. The van der Waals surface area contributed by atoms with Gasteiger partial charge in [0.05, 0.1) is 10.6 Å². The molecule has 0 aliphatic carbocycles. The highest BCUT2D eigenvalue weighted by molar-refractivity contribution is 7.99. The maximum absolute atomic E-state index is 12.9. The first-order valence-electron chi connectivity index (χ1n) is 8.45. The molecule has 0 radical (unpaired) electrons. The number of halogens is 3. The largest absolute Gasteiger partial charge is 0.451 e. The summed E-state index contributed by atoms with van der Waals surface area (Å²) in [5, 5.41) is 8.86. The first-order chi connectivity index (χ1) is 13.8. The van der Waals surface area contributed by atoms with Gasteiger partial charge in [0.2, 0.25) is 5.82 Å². The fourth-order valence-corrected chi connectivity index (χ4v) is 4.69. The molecule has 0 aliphatic heterocycles. The number of benzene rings is 1. The van der Waals surface area contributed by atoms with E-state index in [4.69, 9.17) is 0 Å². The Bertz CT molecular complexity index is 1230. The third-order valence-electron chi connectivity index (χ3n) is 4.30. The summed E-state index contributed by atoms with van der Waals surface area (Å²) in [4.78, 5) is 20.6. The topological polar surface area (TPSA) is 76.5 Å². The molecule has 4 rings (SSSR count). The van der Waals surface area contributed by atoms with Crippen LogP contribution < -0.4 is 5.56 Å². The van der Waals surface area contributed by atoms with Crippen LogP contribution in [0.4, 0.5) is 13.2 Å². The molecule has 0 bridgehead atoms. The van der Waals surface area contributed by atoms with E-state index in [1.807, 2.05) is 35.7 Å². The highest BCUT2D eigenvalue weighted by Crippen LogP contribution is 2.36. The molecule has 1 aromatic carbocycles. The van der Waals surface area contributed by atoms with Gasteiger partial charge in [-0.15, -0.1) is 21.5 Å². The van der Waals surface area contributed by atoms with Crippen molar-refractivity contribution in [2.45, 2.75) is 23.5 Å². The van der Waals surface area contributed by atoms with Gasteiger partial charge < -0.3 is 9.55 Å². The van der Waals surface area contributed by atoms with Crippen molar-refractivity contribution in [3.63, 3.8) is 0 Å². The van der Waals surface area contributed by atoms with Gasteiger partial charge in [-0.1, -0.05) is 42.1 Å². The Hall–Kier alpha value is -2.66. The Balaban J connectivity index is 1.67. The predicted octanol–water partition coefficient (Wildman–Crippen LogP) is 4.65. The van der Waals surface area contributed by atoms with Crippen molar-refractivity contribution in [1.82, 2.24) is 24.7 Å². The van der Waals surface area contributed by atoms with Crippen LogP contribution in [-0.2, 0) is 13.2 Å². The summed E-state index contributed by atoms with van der Waals surface area (Å²) in [6.07, 6.45) is -4.58. The summed E-state index contributed by atoms with van der Waals surface area (Å²) in [6.45, 7) is 1.74. The summed E-state index contributed by atoms with van der Waals surface area (Å²) >= 11 is 2.39. The molecular weight excluding hydrogens is 423 g/mol. The van der Waals surface area contributed by atoms with E-state index >= 15 is 0 Å². The second-order valence-electron chi connectivity index (χ2n) is 6.27. The summed E-state index contributed by atoms with van der Waals surface area (Å²) in [7, 11) is 1.25. The number of rotatable bonds is 4. The number of hydrogen-bond acceptors (Lipinski definition) is 6. The Labute approximate surface area is 170 Å². The molecule has 0 saturated carbocycles. The molecule has 0 fully saturated rings. The fourth-order valence-electron chi connectivity index (χ4n) is 2.87. The van der Waals surface area contributed by atoms with Crippen LogP contribution in [0.2, 0.25) is 0 Å². The van der Waals surface area contributed by atoms with E-state index in [0.717, 1.165) is 27.5 Å². The van der Waals surface area contributed by atoms with Crippen LogP contribution in [0.5, 0.6) is 0 Å². The lowest BCUT2D eigenvalue weighted by atomic mass is 10.1. The standard InChI is InChI=1S/C18H14F3N5OS2/c1-9(29-17-25-24-16(26(17)2)18(19,20)21)13-22-14(27)12-11(8-28-15(12)23-13)10-6-4-3-5-7-10/h3-9H,1-2H3,(H,22,23,27)/t9-/m1/s1. The number of thiophene rings is 1. The zero-order valence-electron chi connectivity index (χ0n) is 15.2. The van der Waals surface area contributed by atoms with Gasteiger partial charge in [0.15, 0.2) is 5.16 Å². The van der Waals surface area contributed by atoms with Gasteiger partial charge in [-0.25, -0.2) is 4.98 Å². The van der Waals surface area contributed by atoms with Crippen molar-refractivity contribution in [2.24, 2.45) is 7.05 Å². The number of H-pyrrole nitrogens is 1. The number of nitrogens with zero attached hydrogens (tertiary/aromatic N) is 4. The maximum Gasteiger partial charge on any atom is 0.451 e. The van der Waals surface area contributed by atoms with Crippen LogP contribution in [-0.4, -0.2) is 24.7 Å². The quantitative estimate of drug-likeness (QED) is 0.470. The molecular formula is C18H14F3N5OS2. The zero-order valence-corrected chi connectivity index (χ0v) is 16.8. The molecule has 150 valence electrons. The molecule has 0 aliphatic rings. The average molecular weight is 437 g/mol. The minimum atomic E-state index is -4.58. The first-order valence-corrected chi connectivity index (χ1v) is 10.2. The minimum absolute atomic E-state index is 0.0868. The summed E-state index contributed by atoms with van der Waals surface area (Å²) in [5.41, 5.74) is 1.43. The molecule has 29 heavy (non-hydrogen) atoms. The molecule has 6 nitrogen and oxygen atoms in total. The second kappa shape index (κ2) is 7.30. The third-order valence-corrected chi connectivity index (χ3v) is 6.32. The normalized spacial score (nSPS) is 13.1. The van der Waals surface area contributed by atoms with Gasteiger partial charge in [0.1, 0.15) is 10.7 Å². The van der Waals surface area contributed by atoms with Crippen molar-refractivity contribution in [1.29, 1.82) is 0 Å². The number of aromatic amines is 1. The molecule has 4 aromatic rings. The summed E-state index contributed by atoms with van der Waals surface area (Å²) in [6, 6.07) is 9.51. The van der Waals surface area contributed by atoms with Gasteiger partial charge in [0, 0.05) is 18.0 Å². The Morgan fingerprint density at radius 1 is 1.21 bits per heavy atom. The maximum atomic E-state index is 12.9. The van der Waals surface area contributed by atoms with Crippen LogP contribution in [0.3, 0.4) is 0 Å². The van der Waals surface area contributed by atoms with Gasteiger partial charge >= 0.3 is 6.18 Å². The summed E-state index contributed by atoms with van der Waals surface area (Å²) in [5.74, 6) is -0.708. The molecule has 3 aromatic heterocycles. The van der Waals surface area contributed by atoms with Gasteiger partial charge in [-0.05, 0) is 12.5 Å². The van der Waals surface area contributed by atoms with Crippen molar-refractivity contribution in [3.05, 3.63) is 57.7 Å². The lowest BCUT2D eigenvalue weighted by Gasteiger charge is -2.11. The van der Waals surface area contributed by atoms with Crippen LogP contribution in [0.25, 0.3) is 21.3 Å². The smallest absolute Gasteiger partial charge is 0.309 e. The number of fused-ring (bicyclic) bond motifs is 1. The molecule has 3 heterocycles. The lowest BCUT2D eigenvalue weighted by molar-refractivity contribution is -0.147. The van der Waals surface area contributed by atoms with Gasteiger partial charge in [-0.3, -0.25) is 4.79 Å². The Morgan fingerprint density at radius 2 is 1.93 bits per heavy atom. The lowest BCUT2D eigenvalue weighted by Crippen LogP contribution is -2.14. The van der Waals surface area contributed by atoms with E-state index in [-0.39, 0.29) is 10.7 Å². The van der Waals surface area contributed by atoms with Crippen LogP contribution in [0, 0.1) is 0 Å². The number of thioether (sulfide) groups is 1. The van der Waals surface area contributed by atoms with Crippen LogP contribution in [0.15, 0.2) is 45.7 Å². The molecule has 0 saturated heterocycles. The van der Waals surface area contributed by atoms with E-state index in [2.05, 4.69) is 20.2 Å². The number of aromatic nitrogens is 5. The van der Waals surface area contributed by atoms with E-state index in [1.165, 1.54) is 18.4 Å². The first kappa shape index (κ1) is 19.6. The van der Waals surface area contributed by atoms with Gasteiger partial charge in [-0.2, -0.15) is 13.2 Å². The third kappa shape index (κ3) is 3.67. The van der Waals surface area contributed by atoms with E-state index < -0.39 is 17.3 Å². The SMILES string of the molecule is C[C@@H](Sc1nnc(C(F)(F)F)n1C)c1nc2scc(-c3ccccc3)c2c(=O)[nH]1. The molecule has 1 atom stereocenters. The molecule has 0 amide bonds. The highest BCUT2D eigenvalue weighted by Gasteiger charge is 2.37. The molecule has 11 heteroatoms. The van der Waals surface area contributed by atoms with Crippen molar-refractivity contribution in [3.8, 4) is 11.1 Å². The average Bonchev–Trinajstić information content (AvgIpc) is 3.26. The number of hydrogen-bond donors (Lipinski definition) is 1. The van der Waals surface area contributed by atoms with Crippen molar-refractivity contribution >= 4 is 33.3 Å². The Kier molecular flexibility index (Phi) is 4.95. The second-order valence-corrected chi connectivity index (χ2v) is 8.44. The number of alkyl halides is 3. The highest BCUT2D eigenvalue weighted by atomic mass is 32.2. The number of nitrogens with one attached hydrogen (secondary N) is 1. The van der Waals surface area contributed by atoms with E-state index in [9.17, 15) is 18.0 Å². The zero-order chi connectivity index (χ0) is 20.8. The molecule has 0 unspecified atom stereocenters. The summed E-state index contributed by atoms with van der Waals surface area (Å²) < 4.78 is 39.6. The molecule has 0 spiro atoms. The van der Waals surface area contributed by atoms with E-state index in [1.54, 1.807) is 6.92 Å². The monoisotopic (exact) mass is 437 g/mol. The van der Waals surface area contributed by atoms with Crippen molar-refractivity contribution < 1.29 is 13.2 Å². The van der Waals surface area contributed by atoms with Crippen LogP contribution in [0.1, 0.15) is 23.8 Å². The van der Waals surface area contributed by atoms with Gasteiger partial charge in [0.25, 0.3) is 5.56 Å². The fraction of sp³-hybridized carbons (Fsp3) is 0.222. The van der Waals surface area contributed by atoms with Crippen LogP contribution >= 0.6 is 23.1 Å². The predicted molar refractivity (Wildman–Crippen MR) is 106 cm³/mol. The molecule has 1 N–H and O–H groups in total. The van der Waals surface area contributed by atoms with Crippen molar-refractivity contribution in [2.75, 3.05) is 0 Å². The van der Waals surface area contributed by atoms with E-state index in [0.29, 0.717) is 16.0 Å². The Morgan fingerprint density at radius 3 is 2.59 bits per heavy atom.